The molecular formula is C12H10O3. The fraction of sp³-hybridized carbons (Fsp3) is 0.167. The van der Waals surface area contributed by atoms with E-state index in [4.69, 9.17) is 0 Å². The van der Waals surface area contributed by atoms with Crippen molar-refractivity contribution < 1.29 is 14.3 Å². The zero-order chi connectivity index (χ0) is 10.8. The fourth-order valence-electron chi connectivity index (χ4n) is 1.59. The number of carbonyl (C=O) groups excluding carboxylic acids is 2. The van der Waals surface area contributed by atoms with Crippen molar-refractivity contribution in [2.45, 2.75) is 12.8 Å². The Morgan fingerprint density at radius 2 is 1.80 bits per heavy atom. The third-order valence-corrected chi connectivity index (χ3v) is 2.47. The van der Waals surface area contributed by atoms with Gasteiger partial charge in [0.15, 0.2) is 0 Å². The number of carbonyl (C=O) groups is 2. The SMILES string of the molecule is CC(C1=CC(=O)OC1=O)c1ccccc1. The van der Waals surface area contributed by atoms with Crippen LogP contribution in [0.25, 0.3) is 0 Å². The van der Waals surface area contributed by atoms with Gasteiger partial charge in [-0.3, -0.25) is 0 Å². The van der Waals surface area contributed by atoms with E-state index in [0.717, 1.165) is 5.56 Å². The lowest BCUT2D eigenvalue weighted by atomic mass is 9.93. The van der Waals surface area contributed by atoms with Crippen molar-refractivity contribution in [3.8, 4) is 0 Å². The highest BCUT2D eigenvalue weighted by Gasteiger charge is 2.28. The zero-order valence-corrected chi connectivity index (χ0v) is 8.27. The van der Waals surface area contributed by atoms with Gasteiger partial charge in [-0.25, -0.2) is 9.59 Å². The predicted octanol–water partition coefficient (Wildman–Crippen LogP) is 1.80. The summed E-state index contributed by atoms with van der Waals surface area (Å²) in [6, 6.07) is 9.54. The van der Waals surface area contributed by atoms with Crippen LogP contribution in [-0.2, 0) is 14.3 Å². The molecule has 0 bridgehead atoms. The Bertz CT molecular complexity index is 431. The molecule has 1 unspecified atom stereocenters. The first-order chi connectivity index (χ1) is 7.18. The van der Waals surface area contributed by atoms with Gasteiger partial charge in [-0.2, -0.15) is 0 Å². The third kappa shape index (κ3) is 1.81. The second kappa shape index (κ2) is 3.69. The molecule has 1 aliphatic heterocycles. The minimum atomic E-state index is -0.571. The quantitative estimate of drug-likeness (QED) is 0.542. The number of ether oxygens (including phenoxy) is 1. The molecule has 0 spiro atoms. The average molecular weight is 202 g/mol. The molecule has 1 atom stereocenters. The summed E-state index contributed by atoms with van der Waals surface area (Å²) in [6.45, 7) is 1.88. The Balaban J connectivity index is 2.30. The van der Waals surface area contributed by atoms with Gasteiger partial charge in [0.25, 0.3) is 0 Å². The van der Waals surface area contributed by atoms with Crippen molar-refractivity contribution in [2.75, 3.05) is 0 Å². The van der Waals surface area contributed by atoms with Crippen molar-refractivity contribution in [2.24, 2.45) is 0 Å². The molecule has 0 fully saturated rings. The predicted molar refractivity (Wildman–Crippen MR) is 54.0 cm³/mol. The molecule has 2 rings (SSSR count). The highest BCUT2D eigenvalue weighted by molar-refractivity contribution is 6.09. The Morgan fingerprint density at radius 1 is 1.13 bits per heavy atom. The lowest BCUT2D eigenvalue weighted by molar-refractivity contribution is -0.150. The molecular weight excluding hydrogens is 192 g/mol. The number of esters is 2. The van der Waals surface area contributed by atoms with E-state index in [9.17, 15) is 9.59 Å². The van der Waals surface area contributed by atoms with Crippen LogP contribution in [0.5, 0.6) is 0 Å². The van der Waals surface area contributed by atoms with Crippen LogP contribution in [0.2, 0.25) is 0 Å². The summed E-state index contributed by atoms with van der Waals surface area (Å²) in [7, 11) is 0. The summed E-state index contributed by atoms with van der Waals surface area (Å²) in [4.78, 5) is 22.2. The van der Waals surface area contributed by atoms with Crippen molar-refractivity contribution in [3.63, 3.8) is 0 Å². The van der Waals surface area contributed by atoms with Crippen LogP contribution in [0.4, 0.5) is 0 Å². The van der Waals surface area contributed by atoms with Crippen LogP contribution < -0.4 is 0 Å². The van der Waals surface area contributed by atoms with Crippen LogP contribution in [0, 0.1) is 0 Å². The minimum Gasteiger partial charge on any atom is -0.386 e. The topological polar surface area (TPSA) is 43.4 Å². The first-order valence-corrected chi connectivity index (χ1v) is 4.71. The Morgan fingerprint density at radius 3 is 2.33 bits per heavy atom. The average Bonchev–Trinajstić information content (AvgIpc) is 2.58. The molecule has 0 aliphatic carbocycles. The van der Waals surface area contributed by atoms with Gasteiger partial charge in [-0.05, 0) is 5.56 Å². The first kappa shape index (κ1) is 9.65. The van der Waals surface area contributed by atoms with E-state index >= 15 is 0 Å². The largest absolute Gasteiger partial charge is 0.386 e. The Kier molecular flexibility index (Phi) is 2.37. The molecule has 3 nitrogen and oxygen atoms in total. The lowest BCUT2D eigenvalue weighted by Gasteiger charge is -2.09. The van der Waals surface area contributed by atoms with Crippen molar-refractivity contribution in [1.29, 1.82) is 0 Å². The molecule has 1 heterocycles. The second-order valence-corrected chi connectivity index (χ2v) is 3.44. The van der Waals surface area contributed by atoms with Gasteiger partial charge >= 0.3 is 11.9 Å². The van der Waals surface area contributed by atoms with E-state index in [1.54, 1.807) is 0 Å². The highest BCUT2D eigenvalue weighted by atomic mass is 16.6. The van der Waals surface area contributed by atoms with Crippen molar-refractivity contribution in [1.82, 2.24) is 0 Å². The first-order valence-electron chi connectivity index (χ1n) is 4.71. The summed E-state index contributed by atoms with van der Waals surface area (Å²) < 4.78 is 4.45. The maximum absolute atomic E-state index is 11.3. The minimum absolute atomic E-state index is 0.106. The molecule has 0 radical (unpaired) electrons. The zero-order valence-electron chi connectivity index (χ0n) is 8.27. The van der Waals surface area contributed by atoms with E-state index in [1.165, 1.54) is 6.08 Å². The van der Waals surface area contributed by atoms with Crippen LogP contribution >= 0.6 is 0 Å². The number of benzene rings is 1. The van der Waals surface area contributed by atoms with Gasteiger partial charge in [-0.15, -0.1) is 0 Å². The maximum atomic E-state index is 11.3. The fourth-order valence-corrected chi connectivity index (χ4v) is 1.59. The summed E-state index contributed by atoms with van der Waals surface area (Å²) in [5.41, 5.74) is 1.42. The maximum Gasteiger partial charge on any atom is 0.342 e. The van der Waals surface area contributed by atoms with Crippen LogP contribution in [0.15, 0.2) is 42.0 Å². The Hall–Kier alpha value is -1.90. The lowest BCUT2D eigenvalue weighted by Crippen LogP contribution is -2.07. The van der Waals surface area contributed by atoms with E-state index in [-0.39, 0.29) is 5.92 Å². The summed E-state index contributed by atoms with van der Waals surface area (Å²) >= 11 is 0. The third-order valence-electron chi connectivity index (χ3n) is 2.47. The van der Waals surface area contributed by atoms with Gasteiger partial charge in [0, 0.05) is 12.0 Å². The number of hydrogen-bond donors (Lipinski definition) is 0. The van der Waals surface area contributed by atoms with E-state index in [1.807, 2.05) is 37.3 Å². The number of hydrogen-bond acceptors (Lipinski definition) is 3. The van der Waals surface area contributed by atoms with Gasteiger partial charge in [0.1, 0.15) is 0 Å². The summed E-state index contributed by atoms with van der Waals surface area (Å²) in [6.07, 6.45) is 1.26. The molecule has 1 aromatic rings. The normalized spacial score (nSPS) is 17.3. The van der Waals surface area contributed by atoms with Gasteiger partial charge in [0.05, 0.1) is 5.57 Å². The molecule has 1 aliphatic rings. The van der Waals surface area contributed by atoms with E-state index < -0.39 is 11.9 Å². The van der Waals surface area contributed by atoms with Crippen LogP contribution in [-0.4, -0.2) is 11.9 Å². The van der Waals surface area contributed by atoms with Gasteiger partial charge in [0.2, 0.25) is 0 Å². The van der Waals surface area contributed by atoms with E-state index in [0.29, 0.717) is 5.57 Å². The molecule has 15 heavy (non-hydrogen) atoms. The summed E-state index contributed by atoms with van der Waals surface area (Å²) in [5, 5.41) is 0. The van der Waals surface area contributed by atoms with E-state index in [2.05, 4.69) is 4.74 Å². The second-order valence-electron chi connectivity index (χ2n) is 3.44. The molecule has 1 aromatic carbocycles. The van der Waals surface area contributed by atoms with Crippen LogP contribution in [0.1, 0.15) is 18.4 Å². The smallest absolute Gasteiger partial charge is 0.342 e. The number of rotatable bonds is 2. The van der Waals surface area contributed by atoms with Crippen molar-refractivity contribution in [3.05, 3.63) is 47.5 Å². The summed E-state index contributed by atoms with van der Waals surface area (Å²) in [5.74, 6) is -1.21. The number of cyclic esters (lactones) is 2. The van der Waals surface area contributed by atoms with Crippen molar-refractivity contribution >= 4 is 11.9 Å². The monoisotopic (exact) mass is 202 g/mol. The van der Waals surface area contributed by atoms with Crippen LogP contribution in [0.3, 0.4) is 0 Å². The van der Waals surface area contributed by atoms with Gasteiger partial charge in [-0.1, -0.05) is 37.3 Å². The molecule has 0 amide bonds. The van der Waals surface area contributed by atoms with Gasteiger partial charge < -0.3 is 4.74 Å². The molecule has 76 valence electrons. The standard InChI is InChI=1S/C12H10O3/c1-8(9-5-3-2-4-6-9)10-7-11(13)15-12(10)14/h2-8H,1H3. The highest BCUT2D eigenvalue weighted by Crippen LogP contribution is 2.27. The Labute approximate surface area is 87.4 Å². The molecule has 0 saturated carbocycles. The molecule has 0 saturated heterocycles. The molecule has 0 N–H and O–H groups in total. The molecule has 0 aromatic heterocycles. The molecule has 3 heteroatoms.